The largest absolute Gasteiger partial charge is 0.337 e. The molecule has 0 bridgehead atoms. The van der Waals surface area contributed by atoms with E-state index in [0.717, 1.165) is 12.1 Å². The van der Waals surface area contributed by atoms with Crippen LogP contribution in [0.2, 0.25) is 0 Å². The van der Waals surface area contributed by atoms with Gasteiger partial charge in [-0.1, -0.05) is 6.07 Å². The summed E-state index contributed by atoms with van der Waals surface area (Å²) in [6.45, 7) is 0. The summed E-state index contributed by atoms with van der Waals surface area (Å²) in [4.78, 5) is 17.3. The average molecular weight is 277 g/mol. The summed E-state index contributed by atoms with van der Waals surface area (Å²) in [5.74, 6) is 0.218. The Kier molecular flexibility index (Phi) is 5.00. The third-order valence-electron chi connectivity index (χ3n) is 2.52. The molecule has 1 atom stereocenters. The Bertz CT molecular complexity index is 389. The van der Waals surface area contributed by atoms with Crippen LogP contribution in [0.4, 0.5) is 0 Å². The van der Waals surface area contributed by atoms with Crippen LogP contribution in [-0.2, 0) is 4.79 Å². The van der Waals surface area contributed by atoms with Crippen LogP contribution >= 0.6 is 0 Å². The molecule has 8 heteroatoms. The predicted molar refractivity (Wildman–Crippen MR) is 51.2 cm³/mol. The van der Waals surface area contributed by atoms with Gasteiger partial charge in [-0.15, -0.1) is 0 Å². The van der Waals surface area contributed by atoms with E-state index in [1.54, 1.807) is 11.1 Å². The molecule has 1 aromatic rings. The van der Waals surface area contributed by atoms with Gasteiger partial charge in [-0.25, -0.2) is 0 Å². The van der Waals surface area contributed by atoms with E-state index in [0.29, 0.717) is 6.42 Å². The Hall–Kier alpha value is -1.25. The first kappa shape index (κ1) is 14.8. The zero-order chi connectivity index (χ0) is 13.8. The normalized spacial score (nSPS) is 19.5. The maximum Gasteiger partial charge on any atom is 0.222 e. The fourth-order valence-corrected chi connectivity index (χ4v) is 1.72. The quantitative estimate of drug-likeness (QED) is 0.593. The number of aromatic nitrogens is 1. The first-order valence-electron chi connectivity index (χ1n) is 5.09. The molecule has 0 saturated carbocycles. The molecular weight excluding hydrogens is 264 g/mol. The van der Waals surface area contributed by atoms with Crippen LogP contribution in [0, 0.1) is 10.2 Å². The molecule has 0 spiro atoms. The minimum Gasteiger partial charge on any atom is -0.337 e. The molecule has 1 saturated heterocycles. The molecule has 1 aliphatic rings. The van der Waals surface area contributed by atoms with Crippen LogP contribution in [0.5, 0.6) is 0 Å². The minimum absolute atomic E-state index is 0.189. The highest BCUT2D eigenvalue weighted by molar-refractivity contribution is 5.78. The van der Waals surface area contributed by atoms with E-state index < -0.39 is 10.2 Å². The van der Waals surface area contributed by atoms with Crippen molar-refractivity contribution in [2.45, 2.75) is 18.9 Å². The number of halogens is 1. The maximum atomic E-state index is 11.3. The first-order valence-corrected chi connectivity index (χ1v) is 6.35. The summed E-state index contributed by atoms with van der Waals surface area (Å²) in [7, 11) is -2.85. The fraction of sp³-hybridized carbons (Fsp3) is 0.400. The SMILES string of the molecule is CN1C(=O)CCC1c1ccccn1.[O-][Cl+3]([O-])([O-])O. The van der Waals surface area contributed by atoms with E-state index in [4.69, 9.17) is 18.6 Å². The van der Waals surface area contributed by atoms with Crippen LogP contribution in [0.15, 0.2) is 24.4 Å². The summed E-state index contributed by atoms with van der Waals surface area (Å²) in [5, 5.41) is 0. The van der Waals surface area contributed by atoms with Gasteiger partial charge in [0.1, 0.15) is 0 Å². The summed E-state index contributed by atoms with van der Waals surface area (Å²) < 4.78 is 32.7. The van der Waals surface area contributed by atoms with Gasteiger partial charge in [0.25, 0.3) is 0 Å². The van der Waals surface area contributed by atoms with Crippen molar-refractivity contribution in [3.8, 4) is 0 Å². The van der Waals surface area contributed by atoms with E-state index in [2.05, 4.69) is 4.98 Å². The highest BCUT2D eigenvalue weighted by atomic mass is 35.7. The van der Waals surface area contributed by atoms with Crippen LogP contribution < -0.4 is 14.0 Å². The number of rotatable bonds is 1. The van der Waals surface area contributed by atoms with Gasteiger partial charge in [-0.05, 0) is 18.6 Å². The van der Waals surface area contributed by atoms with Crippen molar-refractivity contribution in [2.75, 3.05) is 7.05 Å². The fourth-order valence-electron chi connectivity index (χ4n) is 1.72. The monoisotopic (exact) mass is 276 g/mol. The molecule has 7 nitrogen and oxygen atoms in total. The summed E-state index contributed by atoms with van der Waals surface area (Å²) in [6, 6.07) is 6.01. The lowest BCUT2D eigenvalue weighted by Gasteiger charge is -2.18. The van der Waals surface area contributed by atoms with E-state index >= 15 is 0 Å². The molecule has 1 aromatic heterocycles. The summed E-state index contributed by atoms with van der Waals surface area (Å²) >= 11 is 0. The minimum atomic E-state index is -4.69. The Morgan fingerprint density at radius 1 is 1.44 bits per heavy atom. The zero-order valence-electron chi connectivity index (χ0n) is 9.65. The Labute approximate surface area is 106 Å². The number of hydrogen-bond acceptors (Lipinski definition) is 6. The van der Waals surface area contributed by atoms with E-state index in [1.807, 2.05) is 25.2 Å². The molecule has 1 aliphatic heterocycles. The Morgan fingerprint density at radius 2 is 2.06 bits per heavy atom. The third-order valence-corrected chi connectivity index (χ3v) is 2.52. The van der Waals surface area contributed by atoms with Gasteiger partial charge in [-0.3, -0.25) is 9.78 Å². The topological polar surface area (TPSA) is 123 Å². The number of carbonyl (C=O) groups is 1. The van der Waals surface area contributed by atoms with Crippen molar-refractivity contribution in [1.82, 2.24) is 9.88 Å². The highest BCUT2D eigenvalue weighted by Crippen LogP contribution is 2.29. The summed E-state index contributed by atoms with van der Waals surface area (Å²) in [5.41, 5.74) is 0.996. The lowest BCUT2D eigenvalue weighted by molar-refractivity contribution is -1.92. The number of amides is 1. The second-order valence-corrected chi connectivity index (χ2v) is 4.50. The van der Waals surface area contributed by atoms with Crippen molar-refractivity contribution in [2.24, 2.45) is 0 Å². The molecule has 2 rings (SSSR count). The summed E-state index contributed by atoms with van der Waals surface area (Å²) in [6.07, 6.45) is 3.32. The number of nitrogens with zero attached hydrogens (tertiary/aromatic N) is 2. The van der Waals surface area contributed by atoms with Gasteiger partial charge in [0.2, 0.25) is 5.91 Å². The van der Waals surface area contributed by atoms with Gasteiger partial charge < -0.3 is 4.90 Å². The van der Waals surface area contributed by atoms with Crippen LogP contribution in [0.1, 0.15) is 24.6 Å². The van der Waals surface area contributed by atoms with Crippen molar-refractivity contribution >= 4 is 5.91 Å². The van der Waals surface area contributed by atoms with Gasteiger partial charge in [-0.2, -0.15) is 14.0 Å². The number of carbonyl (C=O) groups excluding carboxylic acids is 1. The van der Waals surface area contributed by atoms with Crippen molar-refractivity contribution in [3.63, 3.8) is 0 Å². The van der Waals surface area contributed by atoms with E-state index in [1.165, 1.54) is 0 Å². The van der Waals surface area contributed by atoms with Crippen molar-refractivity contribution in [3.05, 3.63) is 30.1 Å². The van der Waals surface area contributed by atoms with Gasteiger partial charge in [0, 0.05) is 19.7 Å². The van der Waals surface area contributed by atoms with Crippen LogP contribution in [-0.4, -0.2) is 27.5 Å². The lowest BCUT2D eigenvalue weighted by atomic mass is 10.1. The molecule has 1 fully saturated rings. The van der Waals surface area contributed by atoms with Crippen molar-refractivity contribution < 1.29 is 33.7 Å². The smallest absolute Gasteiger partial charge is 0.222 e. The average Bonchev–Trinajstić information content (AvgIpc) is 2.59. The molecular formula is C10H13ClN2O5. The van der Waals surface area contributed by atoms with Crippen molar-refractivity contribution in [1.29, 1.82) is 0 Å². The molecule has 1 N–H and O–H groups in total. The second-order valence-electron chi connectivity index (χ2n) is 3.71. The van der Waals surface area contributed by atoms with Crippen LogP contribution in [0.25, 0.3) is 0 Å². The molecule has 1 amide bonds. The molecule has 1 unspecified atom stereocenters. The molecule has 2 heterocycles. The number of hydrogen-bond donors (Lipinski definition) is 1. The molecule has 0 radical (unpaired) electrons. The first-order chi connectivity index (χ1) is 8.29. The molecule has 0 aliphatic carbocycles. The highest BCUT2D eigenvalue weighted by Gasteiger charge is 2.29. The second kappa shape index (κ2) is 6.07. The molecule has 18 heavy (non-hydrogen) atoms. The standard InChI is InChI=1S/C10H12N2O.ClHO4/c1-12-9(5-6-10(12)13)8-4-2-3-7-11-8;2-1(3,4)5/h2-4,7,9H,5-6H2,1H3;(H,2,3,4,5). The van der Waals surface area contributed by atoms with Gasteiger partial charge in [0.05, 0.1) is 26.6 Å². The molecule has 100 valence electrons. The van der Waals surface area contributed by atoms with E-state index in [9.17, 15) is 4.79 Å². The van der Waals surface area contributed by atoms with Gasteiger partial charge in [0.15, 0.2) is 0 Å². The Morgan fingerprint density at radius 3 is 2.44 bits per heavy atom. The third kappa shape index (κ3) is 4.94. The predicted octanol–water partition coefficient (Wildman–Crippen LogP) is -2.75. The lowest BCUT2D eigenvalue weighted by Crippen LogP contribution is -2.58. The van der Waals surface area contributed by atoms with E-state index in [-0.39, 0.29) is 11.9 Å². The maximum absolute atomic E-state index is 11.3. The molecule has 0 aromatic carbocycles. The Balaban J connectivity index is 0.000000280. The zero-order valence-corrected chi connectivity index (χ0v) is 10.4. The van der Waals surface area contributed by atoms with Crippen LogP contribution in [0.3, 0.4) is 0 Å². The number of likely N-dealkylation sites (tertiary alicyclic amines) is 1. The number of pyridine rings is 1. The van der Waals surface area contributed by atoms with Gasteiger partial charge >= 0.3 is 0 Å².